The molecule has 0 atom stereocenters. The van der Waals surface area contributed by atoms with Crippen LogP contribution in [0.15, 0.2) is 0 Å². The monoisotopic (exact) mass is 204 g/mol. The molecule has 0 amide bonds. The maximum Gasteiger partial charge on any atom is 0.508 e. The van der Waals surface area contributed by atoms with Crippen molar-refractivity contribution in [2.75, 3.05) is 26.4 Å². The highest BCUT2D eigenvalue weighted by molar-refractivity contribution is 5.61. The maximum absolute atomic E-state index is 10.2. The highest BCUT2D eigenvalue weighted by Gasteiger charge is 2.09. The Hall–Kier alpha value is -1.46. The van der Waals surface area contributed by atoms with Crippen LogP contribution in [-0.4, -0.2) is 38.7 Å². The van der Waals surface area contributed by atoms with E-state index in [-0.39, 0.29) is 0 Å². The highest BCUT2D eigenvalue weighted by atomic mass is 16.8. The molecular formula is C8H12O6. The van der Waals surface area contributed by atoms with Crippen molar-refractivity contribution in [1.29, 1.82) is 0 Å². The lowest BCUT2D eigenvalue weighted by Gasteiger charge is -1.94. The normalized spacial score (nSPS) is 20.3. The third-order valence-corrected chi connectivity index (χ3v) is 1.50. The van der Waals surface area contributed by atoms with Gasteiger partial charge in [-0.15, -0.1) is 0 Å². The molecule has 6 nitrogen and oxygen atoms in total. The second kappa shape index (κ2) is 6.06. The van der Waals surface area contributed by atoms with Crippen LogP contribution in [0.4, 0.5) is 9.59 Å². The Labute approximate surface area is 81.1 Å². The third kappa shape index (κ3) is 4.54. The van der Waals surface area contributed by atoms with E-state index in [2.05, 4.69) is 18.9 Å². The van der Waals surface area contributed by atoms with Gasteiger partial charge in [0.15, 0.2) is 0 Å². The fourth-order valence-electron chi connectivity index (χ4n) is 0.848. The first-order chi connectivity index (χ1) is 6.79. The van der Waals surface area contributed by atoms with E-state index >= 15 is 0 Å². The van der Waals surface area contributed by atoms with Crippen molar-refractivity contribution in [2.24, 2.45) is 0 Å². The molecule has 0 unspecified atom stereocenters. The molecule has 2 aliphatic heterocycles. The molecular weight excluding hydrogens is 192 g/mol. The average Bonchev–Trinajstić information content (AvgIpc) is 2.51. The van der Waals surface area contributed by atoms with Crippen molar-refractivity contribution in [3.63, 3.8) is 0 Å². The van der Waals surface area contributed by atoms with Gasteiger partial charge in [-0.25, -0.2) is 9.59 Å². The molecule has 0 spiro atoms. The van der Waals surface area contributed by atoms with E-state index in [0.717, 1.165) is 12.8 Å². The van der Waals surface area contributed by atoms with E-state index < -0.39 is 12.3 Å². The molecule has 0 aromatic carbocycles. The fraction of sp³-hybridized carbons (Fsp3) is 0.750. The van der Waals surface area contributed by atoms with Crippen molar-refractivity contribution in [3.05, 3.63) is 0 Å². The van der Waals surface area contributed by atoms with Gasteiger partial charge in [-0.1, -0.05) is 0 Å². The summed E-state index contributed by atoms with van der Waals surface area (Å²) in [6, 6.07) is 0. The van der Waals surface area contributed by atoms with Gasteiger partial charge in [-0.3, -0.25) is 0 Å². The molecule has 2 saturated heterocycles. The maximum atomic E-state index is 10.2. The summed E-state index contributed by atoms with van der Waals surface area (Å²) in [5, 5.41) is 0. The molecule has 0 radical (unpaired) electrons. The minimum absolute atomic E-state index is 0.416. The Balaban J connectivity index is 0.000000146. The van der Waals surface area contributed by atoms with Crippen molar-refractivity contribution in [2.45, 2.75) is 12.8 Å². The van der Waals surface area contributed by atoms with Gasteiger partial charge >= 0.3 is 12.3 Å². The predicted octanol–water partition coefficient (Wildman–Crippen LogP) is 1.09. The summed E-state index contributed by atoms with van der Waals surface area (Å²) in [5.41, 5.74) is 0. The predicted molar refractivity (Wildman–Crippen MR) is 43.8 cm³/mol. The first kappa shape index (κ1) is 10.6. The summed E-state index contributed by atoms with van der Waals surface area (Å²) in [6.07, 6.45) is 0.773. The Bertz CT molecular complexity index is 184. The van der Waals surface area contributed by atoms with Gasteiger partial charge in [0.25, 0.3) is 0 Å². The first-order valence-electron chi connectivity index (χ1n) is 4.38. The smallest absolute Gasteiger partial charge is 0.434 e. The first-order valence-corrected chi connectivity index (χ1v) is 4.38. The molecule has 0 aliphatic carbocycles. The topological polar surface area (TPSA) is 71.1 Å². The number of carbonyl (C=O) groups excluding carboxylic acids is 2. The van der Waals surface area contributed by atoms with Gasteiger partial charge in [-0.05, 0) is 12.8 Å². The number of rotatable bonds is 0. The molecule has 2 aliphatic rings. The second-order valence-electron chi connectivity index (χ2n) is 2.60. The van der Waals surface area contributed by atoms with Gasteiger partial charge in [0.05, 0.1) is 13.2 Å². The van der Waals surface area contributed by atoms with E-state index in [9.17, 15) is 9.59 Å². The van der Waals surface area contributed by atoms with E-state index in [1.54, 1.807) is 0 Å². The molecule has 2 rings (SSSR count). The van der Waals surface area contributed by atoms with Crippen molar-refractivity contribution in [3.8, 4) is 0 Å². The summed E-state index contributed by atoms with van der Waals surface area (Å²) in [5.74, 6) is 0. The summed E-state index contributed by atoms with van der Waals surface area (Å²) in [6.45, 7) is 1.86. The number of ether oxygens (including phenoxy) is 4. The lowest BCUT2D eigenvalue weighted by molar-refractivity contribution is 0.0728. The van der Waals surface area contributed by atoms with Crippen molar-refractivity contribution < 1.29 is 28.5 Å². The van der Waals surface area contributed by atoms with Crippen LogP contribution in [0.25, 0.3) is 0 Å². The van der Waals surface area contributed by atoms with Crippen molar-refractivity contribution in [1.82, 2.24) is 0 Å². The Morgan fingerprint density at radius 3 is 1.36 bits per heavy atom. The minimum atomic E-state index is -0.546. The lowest BCUT2D eigenvalue weighted by atomic mass is 10.3. The number of hydrogen-bond donors (Lipinski definition) is 0. The Morgan fingerprint density at radius 1 is 0.643 bits per heavy atom. The molecule has 0 aromatic heterocycles. The number of hydrogen-bond acceptors (Lipinski definition) is 6. The second-order valence-corrected chi connectivity index (χ2v) is 2.60. The number of carbonyl (C=O) groups is 2. The molecule has 2 heterocycles. The molecule has 0 aromatic rings. The molecule has 14 heavy (non-hydrogen) atoms. The fourth-order valence-corrected chi connectivity index (χ4v) is 0.848. The van der Waals surface area contributed by atoms with Crippen LogP contribution in [0.3, 0.4) is 0 Å². The Morgan fingerprint density at radius 2 is 1.00 bits per heavy atom. The largest absolute Gasteiger partial charge is 0.508 e. The minimum Gasteiger partial charge on any atom is -0.434 e. The van der Waals surface area contributed by atoms with Gasteiger partial charge in [0, 0.05) is 0 Å². The zero-order valence-electron chi connectivity index (χ0n) is 7.69. The van der Waals surface area contributed by atoms with Crippen LogP contribution in [0, 0.1) is 0 Å². The summed E-state index contributed by atoms with van der Waals surface area (Å²) >= 11 is 0. The number of cyclic esters (lactones) is 4. The molecule has 0 saturated carbocycles. The van der Waals surface area contributed by atoms with E-state index in [1.807, 2.05) is 0 Å². The van der Waals surface area contributed by atoms with Gasteiger partial charge in [0.2, 0.25) is 0 Å². The summed E-state index contributed by atoms with van der Waals surface area (Å²) in [7, 11) is 0. The van der Waals surface area contributed by atoms with Crippen LogP contribution in [0.1, 0.15) is 12.8 Å². The molecule has 0 N–H and O–H groups in total. The summed E-state index contributed by atoms with van der Waals surface area (Å²) in [4.78, 5) is 20.0. The van der Waals surface area contributed by atoms with Crippen LogP contribution in [0.2, 0.25) is 0 Å². The van der Waals surface area contributed by atoms with E-state index in [1.165, 1.54) is 0 Å². The average molecular weight is 204 g/mol. The van der Waals surface area contributed by atoms with Crippen molar-refractivity contribution >= 4 is 12.3 Å². The SMILES string of the molecule is O=C1OCCCCO1.O=C1OCCO1. The van der Waals surface area contributed by atoms with Crippen LogP contribution < -0.4 is 0 Å². The van der Waals surface area contributed by atoms with E-state index in [0.29, 0.717) is 26.4 Å². The molecule has 6 heteroatoms. The lowest BCUT2D eigenvalue weighted by Crippen LogP contribution is -2.02. The zero-order chi connectivity index (χ0) is 10.2. The Kier molecular flexibility index (Phi) is 4.60. The molecule has 0 bridgehead atoms. The van der Waals surface area contributed by atoms with Crippen LogP contribution in [0.5, 0.6) is 0 Å². The highest BCUT2D eigenvalue weighted by Crippen LogP contribution is 1.99. The van der Waals surface area contributed by atoms with Gasteiger partial charge in [0.1, 0.15) is 13.2 Å². The zero-order valence-corrected chi connectivity index (χ0v) is 7.69. The van der Waals surface area contributed by atoms with E-state index in [4.69, 9.17) is 0 Å². The van der Waals surface area contributed by atoms with Crippen LogP contribution in [-0.2, 0) is 18.9 Å². The summed E-state index contributed by atoms with van der Waals surface area (Å²) < 4.78 is 17.7. The quantitative estimate of drug-likeness (QED) is 0.550. The molecule has 80 valence electrons. The molecule has 2 fully saturated rings. The standard InChI is InChI=1S/C5H8O3.C3H4O3/c6-5-7-3-1-2-4-8-5;4-3-5-1-2-6-3/h1-4H2;1-2H2. The van der Waals surface area contributed by atoms with Gasteiger partial charge in [-0.2, -0.15) is 0 Å². The third-order valence-electron chi connectivity index (χ3n) is 1.50. The van der Waals surface area contributed by atoms with Gasteiger partial charge < -0.3 is 18.9 Å². The van der Waals surface area contributed by atoms with Crippen LogP contribution >= 0.6 is 0 Å².